The van der Waals surface area contributed by atoms with Gasteiger partial charge in [0.25, 0.3) is 0 Å². The van der Waals surface area contributed by atoms with Crippen LogP contribution in [0.25, 0.3) is 16.5 Å². The van der Waals surface area contributed by atoms with Crippen LogP contribution in [0, 0.1) is 6.92 Å². The highest BCUT2D eigenvalue weighted by atomic mass is 16.5. The normalized spacial score (nSPS) is 11.8. The molecule has 0 fully saturated rings. The number of nitrogens with zero attached hydrogens (tertiary/aromatic N) is 2. The number of carbonyl (C=O) groups excluding carboxylic acids is 2. The van der Waals surface area contributed by atoms with Gasteiger partial charge in [0, 0.05) is 23.2 Å². The number of amides is 2. The number of benzene rings is 2. The second-order valence-electron chi connectivity index (χ2n) is 6.77. The van der Waals surface area contributed by atoms with Gasteiger partial charge >= 0.3 is 12.0 Å². The zero-order valence-corrected chi connectivity index (χ0v) is 16.9. The summed E-state index contributed by atoms with van der Waals surface area (Å²) in [5.74, 6) is -0.326. The summed E-state index contributed by atoms with van der Waals surface area (Å²) in [6.45, 7) is 6.21. The lowest BCUT2D eigenvalue weighted by atomic mass is 10.1. The Hall–Kier alpha value is -3.35. The minimum absolute atomic E-state index is 0.147. The first-order valence-electron chi connectivity index (χ1n) is 9.74. The molecule has 2 aromatic carbocycles. The Morgan fingerprint density at radius 2 is 1.93 bits per heavy atom. The van der Waals surface area contributed by atoms with Gasteiger partial charge < -0.3 is 15.4 Å². The summed E-state index contributed by atoms with van der Waals surface area (Å²) < 4.78 is 6.74. The van der Waals surface area contributed by atoms with Crippen molar-refractivity contribution >= 4 is 22.8 Å². The van der Waals surface area contributed by atoms with Gasteiger partial charge in [-0.2, -0.15) is 5.10 Å². The number of aromatic nitrogens is 2. The first kappa shape index (κ1) is 20.4. The van der Waals surface area contributed by atoms with Crippen LogP contribution in [-0.4, -0.2) is 34.9 Å². The van der Waals surface area contributed by atoms with Gasteiger partial charge in [-0.1, -0.05) is 36.4 Å². The summed E-state index contributed by atoms with van der Waals surface area (Å²) in [5, 5.41) is 12.4. The van der Waals surface area contributed by atoms with E-state index in [4.69, 9.17) is 4.74 Å². The van der Waals surface area contributed by atoms with Crippen molar-refractivity contribution in [1.82, 2.24) is 20.4 Å². The zero-order chi connectivity index (χ0) is 20.8. The molecule has 152 valence electrons. The number of nitrogens with one attached hydrogen (secondary N) is 2. The fourth-order valence-electron chi connectivity index (χ4n) is 3.32. The SMILES string of the molecule is CCOC(=O)CCNC(=O)N[C@@H](C)c1cnn(-c2cccc3ccccc23)c1C. The largest absolute Gasteiger partial charge is 0.466 e. The number of ether oxygens (including phenoxy) is 1. The van der Waals surface area contributed by atoms with E-state index in [0.29, 0.717) is 6.61 Å². The number of hydrogen-bond donors (Lipinski definition) is 2. The number of hydrogen-bond acceptors (Lipinski definition) is 4. The van der Waals surface area contributed by atoms with Crippen molar-refractivity contribution in [1.29, 1.82) is 0 Å². The van der Waals surface area contributed by atoms with Gasteiger partial charge in [-0.25, -0.2) is 9.48 Å². The Kier molecular flexibility index (Phi) is 6.49. The van der Waals surface area contributed by atoms with Gasteiger partial charge in [0.15, 0.2) is 0 Å². The first-order valence-corrected chi connectivity index (χ1v) is 9.74. The molecule has 2 amide bonds. The molecule has 2 N–H and O–H groups in total. The number of esters is 1. The summed E-state index contributed by atoms with van der Waals surface area (Å²) in [7, 11) is 0. The summed E-state index contributed by atoms with van der Waals surface area (Å²) in [6.07, 6.45) is 1.92. The first-order chi connectivity index (χ1) is 14.0. The van der Waals surface area contributed by atoms with E-state index in [1.807, 2.05) is 42.8 Å². The van der Waals surface area contributed by atoms with Crippen molar-refractivity contribution < 1.29 is 14.3 Å². The lowest BCUT2D eigenvalue weighted by Gasteiger charge is -2.15. The van der Waals surface area contributed by atoms with Crippen molar-refractivity contribution in [2.24, 2.45) is 0 Å². The second-order valence-corrected chi connectivity index (χ2v) is 6.77. The minimum atomic E-state index is -0.334. The molecule has 0 spiro atoms. The standard InChI is InChI=1S/C22H26N4O3/c1-4-29-21(27)12-13-23-22(28)25-15(2)19-14-24-26(16(19)3)20-11-7-9-17-8-5-6-10-18(17)20/h5-11,14-15H,4,12-13H2,1-3H3,(H2,23,25,28)/t15-/m0/s1. The topological polar surface area (TPSA) is 85.2 Å². The maximum absolute atomic E-state index is 12.1. The summed E-state index contributed by atoms with van der Waals surface area (Å²) in [6, 6.07) is 13.7. The van der Waals surface area contributed by atoms with E-state index in [-0.39, 0.29) is 31.0 Å². The van der Waals surface area contributed by atoms with Crippen LogP contribution in [0.4, 0.5) is 4.79 Å². The predicted molar refractivity (Wildman–Crippen MR) is 112 cm³/mol. The maximum Gasteiger partial charge on any atom is 0.315 e. The Labute approximate surface area is 170 Å². The molecule has 3 rings (SSSR count). The van der Waals surface area contributed by atoms with E-state index in [9.17, 15) is 9.59 Å². The zero-order valence-electron chi connectivity index (χ0n) is 16.9. The third kappa shape index (κ3) is 4.74. The third-order valence-electron chi connectivity index (χ3n) is 4.78. The van der Waals surface area contributed by atoms with Crippen molar-refractivity contribution in [3.63, 3.8) is 0 Å². The summed E-state index contributed by atoms with van der Waals surface area (Å²) in [4.78, 5) is 23.5. The molecule has 3 aromatic rings. The Balaban J connectivity index is 1.69. The molecule has 7 nitrogen and oxygen atoms in total. The van der Waals surface area contributed by atoms with Gasteiger partial charge in [-0.05, 0) is 32.2 Å². The molecule has 0 unspecified atom stereocenters. The molecule has 1 aromatic heterocycles. The van der Waals surface area contributed by atoms with Crippen molar-refractivity contribution in [2.75, 3.05) is 13.2 Å². The average Bonchev–Trinajstić information content (AvgIpc) is 3.09. The van der Waals surface area contributed by atoms with Crippen LogP contribution in [0.15, 0.2) is 48.7 Å². The van der Waals surface area contributed by atoms with Gasteiger partial charge in [0.2, 0.25) is 0 Å². The number of rotatable bonds is 7. The van der Waals surface area contributed by atoms with Gasteiger partial charge in [0.1, 0.15) is 0 Å². The van der Waals surface area contributed by atoms with E-state index in [1.54, 1.807) is 13.1 Å². The Morgan fingerprint density at radius 3 is 2.72 bits per heavy atom. The van der Waals surface area contributed by atoms with Crippen molar-refractivity contribution in [3.05, 3.63) is 59.9 Å². The third-order valence-corrected chi connectivity index (χ3v) is 4.78. The predicted octanol–water partition coefficient (Wildman–Crippen LogP) is 3.65. The lowest BCUT2D eigenvalue weighted by Crippen LogP contribution is -2.38. The highest BCUT2D eigenvalue weighted by Crippen LogP contribution is 2.25. The molecule has 0 aliphatic rings. The van der Waals surface area contributed by atoms with E-state index in [2.05, 4.69) is 33.9 Å². The molecule has 0 saturated carbocycles. The molecule has 0 radical (unpaired) electrons. The molecule has 7 heteroatoms. The summed E-state index contributed by atoms with van der Waals surface area (Å²) >= 11 is 0. The van der Waals surface area contributed by atoms with Crippen LogP contribution in [0.5, 0.6) is 0 Å². The van der Waals surface area contributed by atoms with Crippen LogP contribution >= 0.6 is 0 Å². The molecule has 0 aliphatic carbocycles. The van der Waals surface area contributed by atoms with Crippen LogP contribution in [0.1, 0.15) is 37.6 Å². The molecule has 0 saturated heterocycles. The average molecular weight is 394 g/mol. The Morgan fingerprint density at radius 1 is 1.17 bits per heavy atom. The molecule has 1 heterocycles. The molecule has 29 heavy (non-hydrogen) atoms. The second kappa shape index (κ2) is 9.23. The fraction of sp³-hybridized carbons (Fsp3) is 0.318. The maximum atomic E-state index is 12.1. The van der Waals surface area contributed by atoms with Gasteiger partial charge in [0.05, 0.1) is 31.0 Å². The molecular weight excluding hydrogens is 368 g/mol. The monoisotopic (exact) mass is 394 g/mol. The van der Waals surface area contributed by atoms with Crippen LogP contribution in [0.2, 0.25) is 0 Å². The van der Waals surface area contributed by atoms with E-state index >= 15 is 0 Å². The number of fused-ring (bicyclic) bond motifs is 1. The lowest BCUT2D eigenvalue weighted by molar-refractivity contribution is -0.142. The van der Waals surface area contributed by atoms with Crippen molar-refractivity contribution in [2.45, 2.75) is 33.2 Å². The van der Waals surface area contributed by atoms with Crippen molar-refractivity contribution in [3.8, 4) is 5.69 Å². The Bertz CT molecular complexity index is 1010. The minimum Gasteiger partial charge on any atom is -0.466 e. The molecule has 1 atom stereocenters. The smallest absolute Gasteiger partial charge is 0.315 e. The summed E-state index contributed by atoms with van der Waals surface area (Å²) in [5.41, 5.74) is 2.89. The van der Waals surface area contributed by atoms with Crippen LogP contribution in [-0.2, 0) is 9.53 Å². The van der Waals surface area contributed by atoms with Gasteiger partial charge in [-0.3, -0.25) is 4.79 Å². The molecular formula is C22H26N4O3. The van der Waals surface area contributed by atoms with Crippen LogP contribution in [0.3, 0.4) is 0 Å². The number of carbonyl (C=O) groups is 2. The number of urea groups is 1. The highest BCUT2D eigenvalue weighted by Gasteiger charge is 2.17. The molecule has 0 aliphatic heterocycles. The quantitative estimate of drug-likeness (QED) is 0.599. The fourth-order valence-corrected chi connectivity index (χ4v) is 3.32. The van der Waals surface area contributed by atoms with E-state index in [0.717, 1.165) is 27.7 Å². The van der Waals surface area contributed by atoms with E-state index < -0.39 is 0 Å². The molecule has 0 bridgehead atoms. The van der Waals surface area contributed by atoms with Gasteiger partial charge in [-0.15, -0.1) is 0 Å². The van der Waals surface area contributed by atoms with Crippen LogP contribution < -0.4 is 10.6 Å². The van der Waals surface area contributed by atoms with E-state index in [1.165, 1.54) is 0 Å². The highest BCUT2D eigenvalue weighted by molar-refractivity contribution is 5.90.